The Morgan fingerprint density at radius 1 is 1.06 bits per heavy atom. The van der Waals surface area contributed by atoms with E-state index in [4.69, 9.17) is 9.47 Å². The van der Waals surface area contributed by atoms with Crippen LogP contribution in [0, 0.1) is 18.8 Å². The molecule has 1 aliphatic heterocycles. The lowest BCUT2D eigenvalue weighted by Gasteiger charge is -2.22. The number of esters is 1. The molecule has 2 aromatic rings. The molecule has 6 nitrogen and oxygen atoms in total. The van der Waals surface area contributed by atoms with Crippen molar-refractivity contribution in [2.75, 3.05) is 26.3 Å². The second-order valence-corrected chi connectivity index (χ2v) is 10.0. The number of nitrogens with zero attached hydrogens (tertiary/aromatic N) is 2. The molecule has 2 heterocycles. The van der Waals surface area contributed by atoms with E-state index in [2.05, 4.69) is 17.1 Å². The van der Waals surface area contributed by atoms with Gasteiger partial charge in [0.05, 0.1) is 19.6 Å². The van der Waals surface area contributed by atoms with E-state index in [0.717, 1.165) is 48.5 Å². The largest absolute Gasteiger partial charge is 0.494 e. The molecule has 0 N–H and O–H groups in total. The molecule has 0 radical (unpaired) electrons. The van der Waals surface area contributed by atoms with Crippen LogP contribution in [0.15, 0.2) is 48.2 Å². The van der Waals surface area contributed by atoms with Crippen LogP contribution in [0.4, 0.5) is 0 Å². The molecule has 0 unspecified atom stereocenters. The maximum absolute atomic E-state index is 13.1. The third-order valence-corrected chi connectivity index (χ3v) is 7.25. The maximum Gasteiger partial charge on any atom is 0.334 e. The van der Waals surface area contributed by atoms with Gasteiger partial charge in [-0.3, -0.25) is 9.78 Å². The zero-order chi connectivity index (χ0) is 25.3. The first kappa shape index (κ1) is 25.9. The molecule has 1 amide bonds. The van der Waals surface area contributed by atoms with Gasteiger partial charge in [-0.1, -0.05) is 31.0 Å². The van der Waals surface area contributed by atoms with Gasteiger partial charge in [0.2, 0.25) is 5.91 Å². The fourth-order valence-corrected chi connectivity index (χ4v) is 5.24. The first-order valence-corrected chi connectivity index (χ1v) is 13.3. The number of hydrogen-bond donors (Lipinski definition) is 0. The molecule has 0 bridgehead atoms. The normalized spacial score (nSPS) is 19.6. The quantitative estimate of drug-likeness (QED) is 0.254. The van der Waals surface area contributed by atoms with Crippen molar-refractivity contribution >= 4 is 18.0 Å². The number of fused-ring (bicyclic) bond motifs is 1. The number of carbonyl (C=O) groups is 2. The Kier molecular flexibility index (Phi) is 9.15. The summed E-state index contributed by atoms with van der Waals surface area (Å²) in [7, 11) is 0. The molecule has 1 saturated carbocycles. The SMILES string of the molecule is CCOC(=O)/C(=C/c1ccc(OCCCc2ccc(C)cn2)cc1)CC(=O)N1C[C@H]2CCCC[C@H]2C1. The predicted octanol–water partition coefficient (Wildman–Crippen LogP) is 5.39. The minimum absolute atomic E-state index is 0.0201. The van der Waals surface area contributed by atoms with E-state index in [-0.39, 0.29) is 18.9 Å². The fourth-order valence-electron chi connectivity index (χ4n) is 5.24. The Morgan fingerprint density at radius 2 is 1.78 bits per heavy atom. The Labute approximate surface area is 214 Å². The van der Waals surface area contributed by atoms with Gasteiger partial charge in [0.15, 0.2) is 0 Å². The fraction of sp³-hybridized carbons (Fsp3) is 0.500. The van der Waals surface area contributed by atoms with Crippen LogP contribution in [0.1, 0.15) is 62.3 Å². The molecule has 192 valence electrons. The third kappa shape index (κ3) is 7.19. The molecule has 2 atom stereocenters. The molecule has 6 heteroatoms. The summed E-state index contributed by atoms with van der Waals surface area (Å²) < 4.78 is 11.1. The van der Waals surface area contributed by atoms with Crippen molar-refractivity contribution in [2.24, 2.45) is 11.8 Å². The number of hydrogen-bond acceptors (Lipinski definition) is 5. The zero-order valence-corrected chi connectivity index (χ0v) is 21.6. The number of amides is 1. The van der Waals surface area contributed by atoms with Crippen LogP contribution in [0.25, 0.3) is 6.08 Å². The molecule has 1 aromatic carbocycles. The average molecular weight is 491 g/mol. The molecule has 2 aliphatic rings. The Balaban J connectivity index is 1.32. The Bertz CT molecular complexity index is 1030. The predicted molar refractivity (Wildman–Crippen MR) is 140 cm³/mol. The molecule has 1 saturated heterocycles. The van der Waals surface area contributed by atoms with Gasteiger partial charge >= 0.3 is 5.97 Å². The van der Waals surface area contributed by atoms with Crippen LogP contribution in [0.3, 0.4) is 0 Å². The van der Waals surface area contributed by atoms with Gasteiger partial charge in [0.25, 0.3) is 0 Å². The number of benzene rings is 1. The Hall–Kier alpha value is -3.15. The van der Waals surface area contributed by atoms with Gasteiger partial charge in [-0.2, -0.15) is 0 Å². The second kappa shape index (κ2) is 12.7. The summed E-state index contributed by atoms with van der Waals surface area (Å²) in [5.41, 5.74) is 3.47. The Morgan fingerprint density at radius 3 is 2.42 bits per heavy atom. The van der Waals surface area contributed by atoms with Crippen molar-refractivity contribution in [2.45, 2.75) is 58.8 Å². The van der Waals surface area contributed by atoms with E-state index in [1.165, 1.54) is 25.7 Å². The van der Waals surface area contributed by atoms with Crippen molar-refractivity contribution in [1.82, 2.24) is 9.88 Å². The first-order valence-electron chi connectivity index (χ1n) is 13.3. The molecular formula is C30H38N2O4. The molecular weight excluding hydrogens is 452 g/mol. The standard InChI is InChI=1S/C30H38N2O4/c1-3-35-30(34)26(18-29(33)32-20-24-7-4-5-8-25(24)21-32)17-23-11-14-28(15-12-23)36-16-6-9-27-13-10-22(2)19-31-27/h10-15,17,19,24-25H,3-9,16,18,20-21H2,1-2H3/b26-17+/t24-,25+. The number of aryl methyl sites for hydroxylation is 2. The van der Waals surface area contributed by atoms with Crippen LogP contribution in [-0.2, 0) is 20.7 Å². The van der Waals surface area contributed by atoms with E-state index >= 15 is 0 Å². The van der Waals surface area contributed by atoms with Crippen molar-refractivity contribution in [3.05, 3.63) is 65.0 Å². The zero-order valence-electron chi connectivity index (χ0n) is 21.6. The van der Waals surface area contributed by atoms with Gasteiger partial charge in [0, 0.05) is 30.6 Å². The highest BCUT2D eigenvalue weighted by Gasteiger charge is 2.36. The van der Waals surface area contributed by atoms with Gasteiger partial charge in [-0.25, -0.2) is 4.79 Å². The lowest BCUT2D eigenvalue weighted by Crippen LogP contribution is -2.30. The van der Waals surface area contributed by atoms with E-state index in [9.17, 15) is 9.59 Å². The molecule has 4 rings (SSSR count). The topological polar surface area (TPSA) is 68.7 Å². The van der Waals surface area contributed by atoms with Gasteiger partial charge in [-0.15, -0.1) is 0 Å². The number of aromatic nitrogens is 1. The smallest absolute Gasteiger partial charge is 0.334 e. The average Bonchev–Trinajstić information content (AvgIpc) is 3.33. The number of carbonyl (C=O) groups excluding carboxylic acids is 2. The van der Waals surface area contributed by atoms with E-state index in [0.29, 0.717) is 24.0 Å². The molecule has 2 fully saturated rings. The number of likely N-dealkylation sites (tertiary alicyclic amines) is 1. The third-order valence-electron chi connectivity index (χ3n) is 7.25. The molecule has 1 aromatic heterocycles. The van der Waals surface area contributed by atoms with Crippen LogP contribution >= 0.6 is 0 Å². The minimum Gasteiger partial charge on any atom is -0.494 e. The summed E-state index contributed by atoms with van der Waals surface area (Å²) in [6, 6.07) is 11.7. The van der Waals surface area contributed by atoms with Crippen LogP contribution in [0.5, 0.6) is 5.75 Å². The monoisotopic (exact) mass is 490 g/mol. The van der Waals surface area contributed by atoms with E-state index in [1.54, 1.807) is 13.0 Å². The molecule has 36 heavy (non-hydrogen) atoms. The van der Waals surface area contributed by atoms with Crippen LogP contribution < -0.4 is 4.74 Å². The van der Waals surface area contributed by atoms with Crippen LogP contribution in [0.2, 0.25) is 0 Å². The van der Waals surface area contributed by atoms with Gasteiger partial charge in [0.1, 0.15) is 5.75 Å². The van der Waals surface area contributed by atoms with Crippen LogP contribution in [-0.4, -0.2) is 48.1 Å². The highest BCUT2D eigenvalue weighted by atomic mass is 16.5. The highest BCUT2D eigenvalue weighted by Crippen LogP contribution is 2.36. The first-order chi connectivity index (χ1) is 17.5. The maximum atomic E-state index is 13.1. The summed E-state index contributed by atoms with van der Waals surface area (Å²) in [5, 5.41) is 0. The number of pyridine rings is 1. The lowest BCUT2D eigenvalue weighted by molar-refractivity contribution is -0.140. The minimum atomic E-state index is -0.424. The summed E-state index contributed by atoms with van der Waals surface area (Å²) in [6.07, 6.45) is 10.4. The highest BCUT2D eigenvalue weighted by molar-refractivity contribution is 5.99. The van der Waals surface area contributed by atoms with E-state index in [1.807, 2.05) is 42.3 Å². The summed E-state index contributed by atoms with van der Waals surface area (Å²) >= 11 is 0. The summed E-state index contributed by atoms with van der Waals surface area (Å²) in [4.78, 5) is 32.1. The van der Waals surface area contributed by atoms with Crippen molar-refractivity contribution in [3.8, 4) is 5.75 Å². The summed E-state index contributed by atoms with van der Waals surface area (Å²) in [6.45, 7) is 6.35. The second-order valence-electron chi connectivity index (χ2n) is 10.0. The van der Waals surface area contributed by atoms with Crippen molar-refractivity contribution < 1.29 is 19.1 Å². The number of ether oxygens (including phenoxy) is 2. The molecule has 0 spiro atoms. The van der Waals surface area contributed by atoms with E-state index < -0.39 is 5.97 Å². The summed E-state index contributed by atoms with van der Waals surface area (Å²) in [5.74, 6) is 1.62. The van der Waals surface area contributed by atoms with Gasteiger partial charge in [-0.05, 0) is 86.8 Å². The lowest BCUT2D eigenvalue weighted by atomic mass is 9.82. The van der Waals surface area contributed by atoms with Crippen molar-refractivity contribution in [1.29, 1.82) is 0 Å². The number of rotatable bonds is 10. The molecule has 1 aliphatic carbocycles. The van der Waals surface area contributed by atoms with Gasteiger partial charge < -0.3 is 14.4 Å². The van der Waals surface area contributed by atoms with Crippen molar-refractivity contribution in [3.63, 3.8) is 0 Å².